The van der Waals surface area contributed by atoms with Crippen molar-refractivity contribution in [2.45, 2.75) is 143 Å². The van der Waals surface area contributed by atoms with Gasteiger partial charge >= 0.3 is 5.97 Å². The molecule has 3 aromatic carbocycles. The van der Waals surface area contributed by atoms with E-state index in [1.165, 1.54) is 0 Å². The Hall–Kier alpha value is -6.10. The number of benzene rings is 3. The lowest BCUT2D eigenvalue weighted by Gasteiger charge is -2.41. The van der Waals surface area contributed by atoms with Crippen LogP contribution >= 0.6 is 0 Å². The van der Waals surface area contributed by atoms with Crippen LogP contribution in [0.3, 0.4) is 0 Å². The summed E-state index contributed by atoms with van der Waals surface area (Å²) in [6.45, 7) is 14.7. The number of Topliss-reactive ketones (excluding diaryl/α,β-unsaturated/α-hetero) is 3. The first-order valence-corrected chi connectivity index (χ1v) is 26.7. The number of aromatic amines is 1. The van der Waals surface area contributed by atoms with Gasteiger partial charge in [0.2, 0.25) is 11.8 Å². The molecule has 74 heavy (non-hydrogen) atoms. The summed E-state index contributed by atoms with van der Waals surface area (Å²) in [5.41, 5.74) is 2.37. The monoisotopic (exact) mass is 1020 g/mol. The molecule has 3 heterocycles. The largest absolute Gasteiger partial charge is 0.483 e. The van der Waals surface area contributed by atoms with Crippen LogP contribution < -0.4 is 20.1 Å². The molecule has 0 unspecified atom stereocenters. The van der Waals surface area contributed by atoms with E-state index in [0.29, 0.717) is 86.8 Å². The Bertz CT molecular complexity index is 2440. The maximum absolute atomic E-state index is 14.7. The van der Waals surface area contributed by atoms with Crippen molar-refractivity contribution in [3.05, 3.63) is 107 Å². The van der Waals surface area contributed by atoms with Gasteiger partial charge in [-0.25, -0.2) is 0 Å². The van der Waals surface area contributed by atoms with Crippen molar-refractivity contribution >= 4 is 35.1 Å². The number of hydrogen-bond donors (Lipinski definition) is 3. The second-order valence-corrected chi connectivity index (χ2v) is 21.5. The minimum absolute atomic E-state index is 0.00760. The number of esters is 1. The van der Waals surface area contributed by atoms with Gasteiger partial charge in [-0.3, -0.25) is 28.8 Å². The molecule has 2 aliphatic rings. The van der Waals surface area contributed by atoms with E-state index >= 15 is 0 Å². The van der Waals surface area contributed by atoms with Crippen LogP contribution in [0.25, 0.3) is 0 Å². The van der Waals surface area contributed by atoms with Crippen LogP contribution in [0.15, 0.2) is 85.1 Å². The third-order valence-corrected chi connectivity index (χ3v) is 14.0. The minimum atomic E-state index is -0.940. The molecule has 2 saturated heterocycles. The van der Waals surface area contributed by atoms with Crippen LogP contribution in [-0.4, -0.2) is 112 Å². The highest BCUT2D eigenvalue weighted by atomic mass is 16.6. The van der Waals surface area contributed by atoms with Crippen LogP contribution in [0.4, 0.5) is 0 Å². The maximum Gasteiger partial charge on any atom is 0.311 e. The van der Waals surface area contributed by atoms with Gasteiger partial charge in [0.25, 0.3) is 0 Å². The fourth-order valence-corrected chi connectivity index (χ4v) is 9.69. The molecule has 0 aliphatic carbocycles. The van der Waals surface area contributed by atoms with Crippen LogP contribution in [0.2, 0.25) is 0 Å². The lowest BCUT2D eigenvalue weighted by atomic mass is 9.87. The molecule has 1 aromatic heterocycles. The molecule has 4 aromatic rings. The molecule has 6 rings (SSSR count). The summed E-state index contributed by atoms with van der Waals surface area (Å²) < 4.78 is 23.7. The second kappa shape index (κ2) is 28.0. The van der Waals surface area contributed by atoms with Crippen LogP contribution in [0.1, 0.15) is 122 Å². The maximum atomic E-state index is 14.7. The fraction of sp³-hybridized carbons (Fsp3) is 0.552. The second-order valence-electron chi connectivity index (χ2n) is 21.5. The molecule has 0 spiro atoms. The van der Waals surface area contributed by atoms with E-state index in [1.807, 2.05) is 100 Å². The number of epoxide rings is 1. The Morgan fingerprint density at radius 3 is 2.07 bits per heavy atom. The van der Waals surface area contributed by atoms with Crippen molar-refractivity contribution in [2.75, 3.05) is 39.5 Å². The number of unbranched alkanes of at least 4 members (excludes halogenated alkanes) is 2. The average molecular weight is 1020 g/mol. The summed E-state index contributed by atoms with van der Waals surface area (Å²) in [4.78, 5) is 84.7. The number of nitrogens with zero attached hydrogens (tertiary/aromatic N) is 3. The molecule has 2 fully saturated rings. The summed E-state index contributed by atoms with van der Waals surface area (Å²) in [5, 5.41) is 16.7. The minimum Gasteiger partial charge on any atom is -0.483 e. The molecule has 0 radical (unpaired) electrons. The third-order valence-electron chi connectivity index (χ3n) is 14.0. The number of ketones is 3. The topological polar surface area (TPSA) is 208 Å². The van der Waals surface area contributed by atoms with Gasteiger partial charge in [0, 0.05) is 36.7 Å². The number of rotatable bonds is 32. The Labute approximate surface area is 437 Å². The molecular weight excluding hydrogens is 941 g/mol. The van der Waals surface area contributed by atoms with Crippen molar-refractivity contribution < 1.29 is 52.2 Å². The molecular formula is C58H79N6O10+. The van der Waals surface area contributed by atoms with Gasteiger partial charge in [0.1, 0.15) is 44.1 Å². The lowest BCUT2D eigenvalue weighted by molar-refractivity contribution is -0.940. The number of aromatic nitrogens is 3. The van der Waals surface area contributed by atoms with Gasteiger partial charge in [0.05, 0.1) is 38.1 Å². The first-order chi connectivity index (χ1) is 35.5. The first kappa shape index (κ1) is 57.2. The number of quaternary nitrogens is 1. The summed E-state index contributed by atoms with van der Waals surface area (Å²) >= 11 is 0. The van der Waals surface area contributed by atoms with E-state index in [1.54, 1.807) is 19.2 Å². The van der Waals surface area contributed by atoms with Crippen molar-refractivity contribution in [3.8, 4) is 11.5 Å². The Morgan fingerprint density at radius 2 is 1.43 bits per heavy atom. The molecule has 3 N–H and O–H groups in total. The zero-order chi connectivity index (χ0) is 53.1. The molecule has 0 saturated carbocycles. The number of ether oxygens (including phenoxy) is 4. The highest BCUT2D eigenvalue weighted by molar-refractivity contribution is 5.98. The highest BCUT2D eigenvalue weighted by Gasteiger charge is 2.50. The fourth-order valence-electron chi connectivity index (χ4n) is 9.69. The quantitative estimate of drug-likeness (QED) is 0.0142. The van der Waals surface area contributed by atoms with Crippen LogP contribution in [0, 0.1) is 23.7 Å². The number of carbonyl (C=O) groups is 6. The van der Waals surface area contributed by atoms with Crippen molar-refractivity contribution in [2.24, 2.45) is 23.7 Å². The van der Waals surface area contributed by atoms with E-state index in [0.717, 1.165) is 36.0 Å². The van der Waals surface area contributed by atoms with Crippen LogP contribution in [0.5, 0.6) is 11.5 Å². The Kier molecular flexibility index (Phi) is 21.6. The molecule has 400 valence electrons. The van der Waals surface area contributed by atoms with E-state index < -0.39 is 35.4 Å². The van der Waals surface area contributed by atoms with E-state index in [-0.39, 0.29) is 79.9 Å². The summed E-state index contributed by atoms with van der Waals surface area (Å²) in [6, 6.07) is 23.0. The Balaban J connectivity index is 1.20. The number of hydrogen-bond acceptors (Lipinski definition) is 12. The number of amides is 2. The van der Waals surface area contributed by atoms with Crippen LogP contribution in [-0.2, 0) is 64.2 Å². The summed E-state index contributed by atoms with van der Waals surface area (Å²) in [6.07, 6.45) is 6.15. The number of aryl methyl sites for hydroxylation is 1. The zero-order valence-corrected chi connectivity index (χ0v) is 44.4. The zero-order valence-electron chi connectivity index (χ0n) is 44.4. The van der Waals surface area contributed by atoms with E-state index in [2.05, 4.69) is 33.0 Å². The molecule has 2 aliphatic heterocycles. The predicted octanol–water partition coefficient (Wildman–Crippen LogP) is 7.66. The number of H-pyrrole nitrogens is 1. The summed E-state index contributed by atoms with van der Waals surface area (Å²) in [5.74, 6) is -2.52. The first-order valence-electron chi connectivity index (χ1n) is 26.7. The van der Waals surface area contributed by atoms with Gasteiger partial charge < -0.3 is 34.1 Å². The Morgan fingerprint density at radius 1 is 0.784 bits per heavy atom. The average Bonchev–Trinajstić information content (AvgIpc) is 3.90. The highest BCUT2D eigenvalue weighted by Crippen LogP contribution is 2.33. The van der Waals surface area contributed by atoms with Crippen molar-refractivity contribution in [1.82, 2.24) is 26.0 Å². The molecule has 5 atom stereocenters. The van der Waals surface area contributed by atoms with Gasteiger partial charge in [0.15, 0.2) is 28.8 Å². The number of carbonyl (C=O) groups excluding carboxylic acids is 6. The van der Waals surface area contributed by atoms with E-state index in [4.69, 9.17) is 18.9 Å². The van der Waals surface area contributed by atoms with Gasteiger partial charge in [-0.1, -0.05) is 108 Å². The molecule has 16 heteroatoms. The van der Waals surface area contributed by atoms with E-state index in [9.17, 15) is 28.8 Å². The van der Waals surface area contributed by atoms with Gasteiger partial charge in [-0.15, -0.1) is 0 Å². The predicted molar refractivity (Wildman–Crippen MR) is 280 cm³/mol. The van der Waals surface area contributed by atoms with Crippen molar-refractivity contribution in [1.29, 1.82) is 0 Å². The summed E-state index contributed by atoms with van der Waals surface area (Å²) in [7, 11) is 0. The third kappa shape index (κ3) is 18.1. The van der Waals surface area contributed by atoms with Gasteiger partial charge in [-0.2, -0.15) is 15.4 Å². The smallest absolute Gasteiger partial charge is 0.311 e. The lowest BCUT2D eigenvalue weighted by Crippen LogP contribution is -2.57. The number of nitrogens with one attached hydrogen (secondary N) is 3. The van der Waals surface area contributed by atoms with Gasteiger partial charge in [-0.05, 0) is 86.6 Å². The molecule has 16 nitrogen and oxygen atoms in total. The van der Waals surface area contributed by atoms with Crippen molar-refractivity contribution in [3.63, 3.8) is 0 Å². The number of morpholine rings is 1. The standard InChI is InChI=1S/C58H78N6O10/c1-7-8-11-20-54(67)74-52-24-22-44(32-53(52)72-38-47-35-59-63-62-47)36-64(25-27-71-28-26-64)37-48(65)33-45(23-21-42-16-12-9-13-17-42)56(69)60-49(29-40(2)3)51(66)34-46(31-43-18-14-10-15-19-43)57(70)61-50(30-41(4)5)55(68)58(6)39-73-58/h9-10,12-19,22,24,32,35,40-41,45-46,49-50H,7-8,11,20-21,23,25-31,33-34,36-39H2,1-6H3,(H2-,59,60,61,62,63,69,70)/p+1/t45-,46-,49+,50+,58-/m1/s1. The molecule has 2 amide bonds. The molecule has 0 bridgehead atoms. The SMILES string of the molecule is CCCCCC(=O)Oc1ccc(C[N+]2(CC(=O)C[C@@H](CCc3ccccc3)C(=O)N[C@@H](CC(C)C)C(=O)C[C@@H](Cc3ccccc3)C(=O)N[C@@H](CC(C)C)C(=O)[C@@]3(C)CO3)CCOCC2)cc1OCc1cn[nH]n1. The normalized spacial score (nSPS) is 17.7.